The number of unbranched alkanes of at least 4 members (excludes halogenated alkanes) is 12. The van der Waals surface area contributed by atoms with E-state index >= 15 is 0 Å². The minimum Gasteiger partial charge on any atom is -0.282 e. The van der Waals surface area contributed by atoms with Gasteiger partial charge in [-0.3, -0.25) is 9.11 Å². The normalized spacial score (nSPS) is 12.4. The van der Waals surface area contributed by atoms with E-state index in [-0.39, 0.29) is 5.39 Å². The van der Waals surface area contributed by atoms with Crippen LogP contribution in [-0.2, 0) is 33.1 Å². The molecule has 0 saturated heterocycles. The van der Waals surface area contributed by atoms with Crippen LogP contribution in [0.3, 0.4) is 0 Å². The van der Waals surface area contributed by atoms with Crippen molar-refractivity contribution >= 4 is 31.0 Å². The Morgan fingerprint density at radius 2 is 1.08 bits per heavy atom. The van der Waals surface area contributed by atoms with Gasteiger partial charge in [0.15, 0.2) is 0 Å². The molecule has 2 rings (SSSR count). The van der Waals surface area contributed by atoms with Gasteiger partial charge in [-0.25, -0.2) is 0 Å². The van der Waals surface area contributed by atoms with Crippen molar-refractivity contribution < 1.29 is 25.9 Å². The molecule has 6 nitrogen and oxygen atoms in total. The van der Waals surface area contributed by atoms with Gasteiger partial charge in [-0.05, 0) is 54.3 Å². The van der Waals surface area contributed by atoms with Gasteiger partial charge in [0.1, 0.15) is 9.79 Å². The molecule has 2 aromatic rings. The lowest BCUT2D eigenvalue weighted by molar-refractivity contribution is 0.483. The second kappa shape index (κ2) is 15.1. The lowest BCUT2D eigenvalue weighted by Gasteiger charge is -2.18. The molecule has 0 aliphatic heterocycles. The molecule has 0 saturated carbocycles. The molecule has 204 valence electrons. The summed E-state index contributed by atoms with van der Waals surface area (Å²) < 4.78 is 68.7. The second-order valence-electron chi connectivity index (χ2n) is 9.88. The summed E-state index contributed by atoms with van der Waals surface area (Å²) in [4.78, 5) is -0.942. The monoisotopic (exact) mass is 540 g/mol. The molecule has 0 unspecified atom stereocenters. The van der Waals surface area contributed by atoms with Crippen molar-refractivity contribution in [2.24, 2.45) is 0 Å². The van der Waals surface area contributed by atoms with Crippen molar-refractivity contribution in [3.63, 3.8) is 0 Å². The Labute approximate surface area is 218 Å². The Balaban J connectivity index is 2.40. The molecule has 0 aliphatic carbocycles. The third kappa shape index (κ3) is 9.43. The Bertz CT molecular complexity index is 1170. The molecule has 0 heterocycles. The van der Waals surface area contributed by atoms with Crippen LogP contribution < -0.4 is 0 Å². The lowest BCUT2D eigenvalue weighted by atomic mass is 9.91. The van der Waals surface area contributed by atoms with Crippen LogP contribution in [0.4, 0.5) is 0 Å². The van der Waals surface area contributed by atoms with Gasteiger partial charge in [0.05, 0.1) is 0 Å². The summed E-state index contributed by atoms with van der Waals surface area (Å²) in [5.74, 6) is 0. The van der Waals surface area contributed by atoms with Crippen LogP contribution in [0, 0.1) is 0 Å². The molecule has 0 amide bonds. The predicted molar refractivity (Wildman–Crippen MR) is 147 cm³/mol. The van der Waals surface area contributed by atoms with E-state index < -0.39 is 30.0 Å². The van der Waals surface area contributed by atoms with Gasteiger partial charge < -0.3 is 0 Å². The molecule has 36 heavy (non-hydrogen) atoms. The van der Waals surface area contributed by atoms with Crippen molar-refractivity contribution in [3.8, 4) is 0 Å². The molecule has 2 N–H and O–H groups in total. The standard InChI is InChI=1S/C28H44O6S2/c1-3-5-7-9-11-13-15-18-23-22-27(36(32,33)34)28-25(20-17-21-26(28)35(29,30)31)24(23)19-16-14-12-10-8-6-4-2/h17,20-22H,3-16,18-19H2,1-2H3,(H,29,30,31)(H,32,33,34). The number of rotatable bonds is 18. The summed E-state index contributed by atoms with van der Waals surface area (Å²) >= 11 is 0. The van der Waals surface area contributed by atoms with Gasteiger partial charge in [0.2, 0.25) is 0 Å². The van der Waals surface area contributed by atoms with E-state index in [0.717, 1.165) is 49.7 Å². The van der Waals surface area contributed by atoms with E-state index in [1.165, 1.54) is 69.6 Å². The largest absolute Gasteiger partial charge is 0.295 e. The van der Waals surface area contributed by atoms with Crippen molar-refractivity contribution in [2.45, 2.75) is 126 Å². The van der Waals surface area contributed by atoms with Crippen LogP contribution in [0.1, 0.15) is 115 Å². The molecule has 0 bridgehead atoms. The molecule has 2 aromatic carbocycles. The molecule has 0 aromatic heterocycles. The van der Waals surface area contributed by atoms with E-state index in [1.54, 1.807) is 6.07 Å². The van der Waals surface area contributed by atoms with Gasteiger partial charge in [0, 0.05) is 5.39 Å². The average Bonchev–Trinajstić information content (AvgIpc) is 2.81. The van der Waals surface area contributed by atoms with E-state index in [1.807, 2.05) is 0 Å². The minimum absolute atomic E-state index is 0.122. The van der Waals surface area contributed by atoms with E-state index in [4.69, 9.17) is 0 Å². The van der Waals surface area contributed by atoms with Crippen LogP contribution in [0.25, 0.3) is 10.8 Å². The first-order valence-corrected chi connectivity index (χ1v) is 16.5. The van der Waals surface area contributed by atoms with Gasteiger partial charge in [-0.15, -0.1) is 0 Å². The summed E-state index contributed by atoms with van der Waals surface area (Å²) in [6, 6.07) is 5.83. The van der Waals surface area contributed by atoms with Crippen LogP contribution in [0.5, 0.6) is 0 Å². The Morgan fingerprint density at radius 3 is 1.58 bits per heavy atom. The maximum absolute atomic E-state index is 12.3. The maximum atomic E-state index is 12.3. The molecular weight excluding hydrogens is 496 g/mol. The molecule has 0 radical (unpaired) electrons. The Morgan fingerprint density at radius 1 is 0.611 bits per heavy atom. The average molecular weight is 541 g/mol. The summed E-state index contributed by atoms with van der Waals surface area (Å²) in [7, 11) is -9.40. The van der Waals surface area contributed by atoms with E-state index in [2.05, 4.69) is 13.8 Å². The van der Waals surface area contributed by atoms with Gasteiger partial charge in [0.25, 0.3) is 20.2 Å². The van der Waals surface area contributed by atoms with Crippen molar-refractivity contribution in [1.29, 1.82) is 0 Å². The van der Waals surface area contributed by atoms with Gasteiger partial charge in [-0.2, -0.15) is 16.8 Å². The third-order valence-electron chi connectivity index (χ3n) is 6.93. The van der Waals surface area contributed by atoms with Crippen LogP contribution in [0.15, 0.2) is 34.1 Å². The predicted octanol–water partition coefficient (Wildman–Crippen LogP) is 7.92. The highest BCUT2D eigenvalue weighted by Crippen LogP contribution is 2.35. The topological polar surface area (TPSA) is 109 Å². The number of aryl methyl sites for hydroxylation is 2. The van der Waals surface area contributed by atoms with Crippen LogP contribution in [-0.4, -0.2) is 25.9 Å². The molecule has 8 heteroatoms. The highest BCUT2D eigenvalue weighted by atomic mass is 32.2. The van der Waals surface area contributed by atoms with E-state index in [0.29, 0.717) is 18.2 Å². The second-order valence-corrected chi connectivity index (χ2v) is 12.7. The highest BCUT2D eigenvalue weighted by Gasteiger charge is 2.25. The first-order valence-electron chi connectivity index (χ1n) is 13.6. The fourth-order valence-electron chi connectivity index (χ4n) is 5.00. The summed E-state index contributed by atoms with van der Waals surface area (Å²) in [6.45, 7) is 4.38. The first-order chi connectivity index (χ1) is 17.1. The molecular formula is C28H44O6S2. The molecule has 0 fully saturated rings. The number of hydrogen-bond acceptors (Lipinski definition) is 4. The van der Waals surface area contributed by atoms with Gasteiger partial charge >= 0.3 is 0 Å². The number of fused-ring (bicyclic) bond motifs is 1. The molecule has 0 aliphatic rings. The maximum Gasteiger partial charge on any atom is 0.295 e. The smallest absolute Gasteiger partial charge is 0.282 e. The first kappa shape index (κ1) is 30.7. The fourth-order valence-corrected chi connectivity index (χ4v) is 6.56. The zero-order valence-corrected chi connectivity index (χ0v) is 23.6. The van der Waals surface area contributed by atoms with Gasteiger partial charge in [-0.1, -0.05) is 103 Å². The summed E-state index contributed by atoms with van der Waals surface area (Å²) in [6.07, 6.45) is 17.2. The summed E-state index contributed by atoms with van der Waals surface area (Å²) in [5, 5.41) is 0.355. The van der Waals surface area contributed by atoms with Crippen LogP contribution >= 0.6 is 0 Å². The fraction of sp³-hybridized carbons (Fsp3) is 0.643. The highest BCUT2D eigenvalue weighted by molar-refractivity contribution is 7.87. The lowest BCUT2D eigenvalue weighted by Crippen LogP contribution is -2.09. The SMILES string of the molecule is CCCCCCCCCc1cc(S(=O)(=O)O)c2c(S(=O)(=O)O)cccc2c1CCCCCCCCC. The van der Waals surface area contributed by atoms with Crippen LogP contribution in [0.2, 0.25) is 0 Å². The summed E-state index contributed by atoms with van der Waals surface area (Å²) in [5.41, 5.74) is 1.75. The third-order valence-corrected chi connectivity index (χ3v) is 8.70. The molecule has 0 spiro atoms. The zero-order chi connectivity index (χ0) is 26.6. The van der Waals surface area contributed by atoms with E-state index in [9.17, 15) is 25.9 Å². The van der Waals surface area contributed by atoms with Crippen molar-refractivity contribution in [1.82, 2.24) is 0 Å². The van der Waals surface area contributed by atoms with Crippen molar-refractivity contribution in [2.75, 3.05) is 0 Å². The Kier molecular flexibility index (Phi) is 12.9. The quantitative estimate of drug-likeness (QED) is 0.147. The zero-order valence-electron chi connectivity index (χ0n) is 22.0. The molecule has 0 atom stereocenters. The van der Waals surface area contributed by atoms with Crippen molar-refractivity contribution in [3.05, 3.63) is 35.4 Å². The number of benzene rings is 2. The number of hydrogen-bond donors (Lipinski definition) is 2. The Hall–Kier alpha value is -1.48. The minimum atomic E-state index is -4.71.